The fraction of sp³-hybridized carbons (Fsp3) is 0.400. The third kappa shape index (κ3) is 4.60. The number of halogens is 1. The number of nitrogens with one attached hydrogen (secondary N) is 1. The maximum absolute atomic E-state index is 15.4. The summed E-state index contributed by atoms with van der Waals surface area (Å²) in [5.74, 6) is -0.328. The largest absolute Gasteiger partial charge is 0.315 e. The summed E-state index contributed by atoms with van der Waals surface area (Å²) in [5, 5.41) is 3.14. The van der Waals surface area contributed by atoms with Crippen LogP contribution >= 0.6 is 0 Å². The van der Waals surface area contributed by atoms with E-state index in [1.54, 1.807) is 0 Å². The van der Waals surface area contributed by atoms with Crippen LogP contribution in [0.25, 0.3) is 10.8 Å². The fourth-order valence-electron chi connectivity index (χ4n) is 4.38. The van der Waals surface area contributed by atoms with Gasteiger partial charge in [0.1, 0.15) is 5.82 Å². The molecule has 4 rings (SSSR count). The summed E-state index contributed by atoms with van der Waals surface area (Å²) in [4.78, 5) is 13.1. The van der Waals surface area contributed by atoms with Gasteiger partial charge >= 0.3 is 0 Å². The highest BCUT2D eigenvalue weighted by atomic mass is 32.2. The highest BCUT2D eigenvalue weighted by molar-refractivity contribution is 7.89. The van der Waals surface area contributed by atoms with Crippen molar-refractivity contribution in [3.63, 3.8) is 0 Å². The normalized spacial score (nSPS) is 18.0. The number of rotatable bonds is 5. The zero-order chi connectivity index (χ0) is 23.8. The van der Waals surface area contributed by atoms with E-state index in [2.05, 4.69) is 19.2 Å². The quantitative estimate of drug-likeness (QED) is 0.616. The molecular formula is C25H30FN3O3S. The van der Waals surface area contributed by atoms with Crippen molar-refractivity contribution >= 4 is 20.8 Å². The molecule has 6 nitrogen and oxygen atoms in total. The van der Waals surface area contributed by atoms with Crippen LogP contribution in [0.5, 0.6) is 0 Å². The lowest BCUT2D eigenvalue weighted by Crippen LogP contribution is -2.41. The number of sulfonamides is 1. The van der Waals surface area contributed by atoms with E-state index in [0.29, 0.717) is 25.4 Å². The molecular weight excluding hydrogens is 441 g/mol. The van der Waals surface area contributed by atoms with Gasteiger partial charge in [-0.3, -0.25) is 4.79 Å². The molecule has 1 saturated heterocycles. The maximum Gasteiger partial charge on any atom is 0.258 e. The molecule has 0 aliphatic carbocycles. The average Bonchev–Trinajstić information content (AvgIpc) is 3.02. The van der Waals surface area contributed by atoms with Gasteiger partial charge in [0.15, 0.2) is 0 Å². The lowest BCUT2D eigenvalue weighted by Gasteiger charge is -2.26. The van der Waals surface area contributed by atoms with Crippen LogP contribution in [0.3, 0.4) is 0 Å². The van der Waals surface area contributed by atoms with Gasteiger partial charge in [0, 0.05) is 30.7 Å². The van der Waals surface area contributed by atoms with Crippen molar-refractivity contribution in [1.29, 1.82) is 0 Å². The van der Waals surface area contributed by atoms with Gasteiger partial charge in [-0.1, -0.05) is 44.2 Å². The Kier molecular flexibility index (Phi) is 6.70. The van der Waals surface area contributed by atoms with E-state index in [1.165, 1.54) is 32.6 Å². The molecule has 33 heavy (non-hydrogen) atoms. The molecule has 1 N–H and O–H groups in total. The summed E-state index contributed by atoms with van der Waals surface area (Å²) in [6.07, 6.45) is 1.78. The highest BCUT2D eigenvalue weighted by Gasteiger charge is 2.32. The van der Waals surface area contributed by atoms with Gasteiger partial charge in [-0.15, -0.1) is 0 Å². The highest BCUT2D eigenvalue weighted by Crippen LogP contribution is 2.28. The lowest BCUT2D eigenvalue weighted by molar-refractivity contribution is 0.353. The smallest absolute Gasteiger partial charge is 0.258 e. The zero-order valence-corrected chi connectivity index (χ0v) is 20.0. The first-order valence-corrected chi connectivity index (χ1v) is 12.8. The number of nitrogens with zero attached hydrogens (tertiary/aromatic N) is 2. The van der Waals surface area contributed by atoms with Crippen LogP contribution in [0.1, 0.15) is 44.2 Å². The summed E-state index contributed by atoms with van der Waals surface area (Å²) >= 11 is 0. The molecule has 2 heterocycles. The Balaban J connectivity index is 1.77. The van der Waals surface area contributed by atoms with Crippen molar-refractivity contribution in [3.05, 3.63) is 76.0 Å². The maximum atomic E-state index is 15.4. The minimum Gasteiger partial charge on any atom is -0.315 e. The molecule has 1 aliphatic rings. The van der Waals surface area contributed by atoms with E-state index >= 15 is 4.39 Å². The summed E-state index contributed by atoms with van der Waals surface area (Å²) in [7, 11) is -3.98. The molecule has 0 spiro atoms. The van der Waals surface area contributed by atoms with Gasteiger partial charge in [-0.05, 0) is 49.1 Å². The first kappa shape index (κ1) is 23.6. The number of hydrogen-bond acceptors (Lipinski definition) is 4. The van der Waals surface area contributed by atoms with Crippen LogP contribution in [-0.4, -0.2) is 43.0 Å². The molecule has 1 atom stereocenters. The number of benzene rings is 2. The molecule has 2 aromatic carbocycles. The van der Waals surface area contributed by atoms with E-state index < -0.39 is 21.4 Å². The predicted octanol–water partition coefficient (Wildman–Crippen LogP) is 3.68. The van der Waals surface area contributed by atoms with Crippen molar-refractivity contribution < 1.29 is 12.8 Å². The topological polar surface area (TPSA) is 71.4 Å². The second-order valence-corrected chi connectivity index (χ2v) is 10.9. The van der Waals surface area contributed by atoms with Crippen molar-refractivity contribution in [2.45, 2.75) is 50.6 Å². The third-order valence-corrected chi connectivity index (χ3v) is 8.33. The molecule has 0 unspecified atom stereocenters. The van der Waals surface area contributed by atoms with Crippen molar-refractivity contribution in [3.8, 4) is 0 Å². The third-order valence-electron chi connectivity index (χ3n) is 6.27. The van der Waals surface area contributed by atoms with Gasteiger partial charge in [-0.25, -0.2) is 12.8 Å². The molecule has 3 aromatic rings. The van der Waals surface area contributed by atoms with E-state index in [4.69, 9.17) is 0 Å². The van der Waals surface area contributed by atoms with Gasteiger partial charge < -0.3 is 9.88 Å². The van der Waals surface area contributed by atoms with E-state index in [0.717, 1.165) is 18.3 Å². The number of fused-ring (bicyclic) bond motifs is 1. The number of hydrogen-bond donors (Lipinski definition) is 1. The van der Waals surface area contributed by atoms with Crippen LogP contribution in [-0.2, 0) is 16.6 Å². The fourth-order valence-corrected chi connectivity index (χ4v) is 6.27. The summed E-state index contributed by atoms with van der Waals surface area (Å²) in [6, 6.07) is 12.0. The Labute approximate surface area is 194 Å². The van der Waals surface area contributed by atoms with Crippen LogP contribution in [0.4, 0.5) is 4.39 Å². The average molecular weight is 472 g/mol. The lowest BCUT2D eigenvalue weighted by atomic mass is 10.0. The molecule has 1 aromatic heterocycles. The van der Waals surface area contributed by atoms with Gasteiger partial charge in [0.2, 0.25) is 10.0 Å². The van der Waals surface area contributed by atoms with Crippen LogP contribution in [0, 0.1) is 5.82 Å². The van der Waals surface area contributed by atoms with Crippen LogP contribution < -0.4 is 10.9 Å². The van der Waals surface area contributed by atoms with Gasteiger partial charge in [-0.2, -0.15) is 4.31 Å². The van der Waals surface area contributed by atoms with Crippen LogP contribution in [0.2, 0.25) is 0 Å². The number of pyridine rings is 1. The molecule has 176 valence electrons. The Morgan fingerprint density at radius 3 is 2.58 bits per heavy atom. The number of aromatic nitrogens is 1. The van der Waals surface area contributed by atoms with E-state index in [1.807, 2.05) is 31.2 Å². The van der Waals surface area contributed by atoms with Gasteiger partial charge in [0.25, 0.3) is 5.56 Å². The molecule has 8 heteroatoms. The minimum absolute atomic E-state index is 0.0653. The van der Waals surface area contributed by atoms with Crippen molar-refractivity contribution in [1.82, 2.24) is 14.2 Å². The minimum atomic E-state index is -3.98. The van der Waals surface area contributed by atoms with Crippen LogP contribution in [0.15, 0.2) is 58.4 Å². The standard InChI is InChI=1S/C25H30FN3O3S/c1-17(2)20-10-8-19(9-11-20)15-28-16-22(26)24-21(25(28)30)6-4-7-23(24)33(31,32)29-13-5-12-27-14-18(29)3/h4,6-11,16-18,27H,5,12-15H2,1-3H3/t18-/m1/s1. The zero-order valence-electron chi connectivity index (χ0n) is 19.2. The second kappa shape index (κ2) is 9.37. The van der Waals surface area contributed by atoms with Crippen molar-refractivity contribution in [2.75, 3.05) is 19.6 Å². The Hall–Kier alpha value is -2.55. The Morgan fingerprint density at radius 1 is 1.15 bits per heavy atom. The molecule has 0 radical (unpaired) electrons. The Morgan fingerprint density at radius 2 is 1.88 bits per heavy atom. The molecule has 0 saturated carbocycles. The van der Waals surface area contributed by atoms with E-state index in [-0.39, 0.29) is 28.3 Å². The first-order valence-electron chi connectivity index (χ1n) is 11.3. The molecule has 0 amide bonds. The first-order chi connectivity index (χ1) is 15.7. The monoisotopic (exact) mass is 471 g/mol. The molecule has 1 aliphatic heterocycles. The summed E-state index contributed by atoms with van der Waals surface area (Å²) in [5.41, 5.74) is 1.64. The summed E-state index contributed by atoms with van der Waals surface area (Å²) in [6.45, 7) is 7.83. The van der Waals surface area contributed by atoms with E-state index in [9.17, 15) is 13.2 Å². The SMILES string of the molecule is CC(C)c1ccc(Cn2cc(F)c3c(S(=O)(=O)N4CCCNC[C@H]4C)cccc3c2=O)cc1. The van der Waals surface area contributed by atoms with Gasteiger partial charge in [0.05, 0.1) is 16.8 Å². The second-order valence-electron chi connectivity index (χ2n) is 9.01. The predicted molar refractivity (Wildman–Crippen MR) is 129 cm³/mol. The molecule has 0 bridgehead atoms. The summed E-state index contributed by atoms with van der Waals surface area (Å²) < 4.78 is 45.1. The molecule has 1 fully saturated rings. The van der Waals surface area contributed by atoms with Crippen molar-refractivity contribution in [2.24, 2.45) is 0 Å². The Bertz CT molecular complexity index is 1320.